The normalized spacial score (nSPS) is 24.8. The summed E-state index contributed by atoms with van der Waals surface area (Å²) in [6.07, 6.45) is -0.0514. The molecule has 3 aliphatic rings. The number of nitrogens with two attached hydrogens (primary N) is 1. The maximum atomic E-state index is 13.8. The van der Waals surface area contributed by atoms with Crippen LogP contribution >= 0.6 is 0 Å². The molecule has 12 heteroatoms. The molecule has 0 heterocycles. The zero-order valence-corrected chi connectivity index (χ0v) is 21.0. The van der Waals surface area contributed by atoms with Crippen LogP contribution in [0.5, 0.6) is 5.75 Å². The first-order chi connectivity index (χ1) is 17.2. The molecule has 2 amide bonds. The van der Waals surface area contributed by atoms with Crippen molar-refractivity contribution < 1.29 is 39.6 Å². The average Bonchev–Trinajstić information content (AvgIpc) is 2.80. The molecule has 0 spiro atoms. The van der Waals surface area contributed by atoms with E-state index in [0.717, 1.165) is 0 Å². The number of rotatable bonds is 5. The molecule has 12 nitrogen and oxygen atoms in total. The molecule has 198 valence electrons. The van der Waals surface area contributed by atoms with Gasteiger partial charge in [-0.1, -0.05) is 0 Å². The highest BCUT2D eigenvalue weighted by Gasteiger charge is 2.59. The van der Waals surface area contributed by atoms with Gasteiger partial charge in [-0.3, -0.25) is 19.2 Å². The van der Waals surface area contributed by atoms with E-state index in [1.165, 1.54) is 4.90 Å². The molecule has 0 bridgehead atoms. The number of carbonyl (C=O) groups excluding carboxylic acids is 4. The third-order valence-corrected chi connectivity index (χ3v) is 7.45. The molecule has 0 fully saturated rings. The first-order valence-electron chi connectivity index (χ1n) is 11.7. The van der Waals surface area contributed by atoms with Gasteiger partial charge in [0.25, 0.3) is 5.91 Å². The van der Waals surface area contributed by atoms with Crippen LogP contribution in [0.3, 0.4) is 0 Å². The largest absolute Gasteiger partial charge is 0.511 e. The number of hydrogen-bond acceptors (Lipinski definition) is 10. The lowest BCUT2D eigenvalue weighted by Gasteiger charge is -2.46. The molecular weight excluding hydrogens is 484 g/mol. The van der Waals surface area contributed by atoms with Crippen LogP contribution in [0.25, 0.3) is 0 Å². The lowest BCUT2D eigenvalue weighted by atomic mass is 9.60. The van der Waals surface area contributed by atoms with Gasteiger partial charge in [0.1, 0.15) is 22.8 Å². The van der Waals surface area contributed by atoms with E-state index < -0.39 is 57.8 Å². The van der Waals surface area contributed by atoms with Crippen molar-refractivity contribution in [2.45, 2.75) is 24.9 Å². The van der Waals surface area contributed by atoms with E-state index in [0.29, 0.717) is 11.3 Å². The van der Waals surface area contributed by atoms with Gasteiger partial charge in [-0.2, -0.15) is 0 Å². The third kappa shape index (κ3) is 3.79. The number of fused-ring (bicyclic) bond motifs is 3. The van der Waals surface area contributed by atoms with Crippen molar-refractivity contribution in [3.05, 3.63) is 39.9 Å². The van der Waals surface area contributed by atoms with E-state index in [1.54, 1.807) is 39.2 Å². The summed E-state index contributed by atoms with van der Waals surface area (Å²) in [5, 5.41) is 46.7. The molecule has 4 rings (SSSR count). The fourth-order valence-corrected chi connectivity index (χ4v) is 5.53. The quantitative estimate of drug-likeness (QED) is 0.233. The summed E-state index contributed by atoms with van der Waals surface area (Å²) in [5.74, 6) is -7.13. The van der Waals surface area contributed by atoms with Crippen molar-refractivity contribution in [1.82, 2.24) is 4.90 Å². The first-order valence-corrected chi connectivity index (χ1v) is 11.7. The number of aromatic hydroxyl groups is 1. The summed E-state index contributed by atoms with van der Waals surface area (Å²) in [6, 6.07) is 1.62. The molecule has 7 N–H and O–H groups in total. The number of anilines is 2. The molecule has 0 radical (unpaired) electrons. The SMILES string of the molecule is CN(C)C(=O)CNc1cc(N(C)C)c2c(c1O)C(=O)C1=C(O)[C@]3(O)C(=O)C(C(N)=O)=C(O)C[C@@H]3C[C@@H]1C2. The summed E-state index contributed by atoms with van der Waals surface area (Å²) in [4.78, 5) is 53.8. The van der Waals surface area contributed by atoms with E-state index >= 15 is 0 Å². The highest BCUT2D eigenvalue weighted by atomic mass is 16.3. The number of benzene rings is 1. The van der Waals surface area contributed by atoms with Gasteiger partial charge in [-0.25, -0.2) is 0 Å². The van der Waals surface area contributed by atoms with Crippen LogP contribution in [0.1, 0.15) is 28.8 Å². The monoisotopic (exact) mass is 514 g/mol. The van der Waals surface area contributed by atoms with Gasteiger partial charge in [0, 0.05) is 51.8 Å². The Hall–Kier alpha value is -4.06. The molecule has 1 aromatic carbocycles. The van der Waals surface area contributed by atoms with Crippen LogP contribution in [-0.2, 0) is 20.8 Å². The fraction of sp³-hybridized carbons (Fsp3) is 0.440. The molecule has 37 heavy (non-hydrogen) atoms. The van der Waals surface area contributed by atoms with Crippen molar-refractivity contribution in [1.29, 1.82) is 0 Å². The number of ketones is 2. The highest BCUT2D eigenvalue weighted by molar-refractivity contribution is 6.24. The summed E-state index contributed by atoms with van der Waals surface area (Å²) < 4.78 is 0. The van der Waals surface area contributed by atoms with Crippen molar-refractivity contribution in [2.75, 3.05) is 45.0 Å². The minimum Gasteiger partial charge on any atom is -0.511 e. The number of aliphatic hydroxyl groups is 3. The molecule has 0 aromatic heterocycles. The average molecular weight is 515 g/mol. The van der Waals surface area contributed by atoms with Crippen LogP contribution in [0.15, 0.2) is 28.7 Å². The summed E-state index contributed by atoms with van der Waals surface area (Å²) in [6.45, 7) is -0.154. The molecule has 3 atom stereocenters. The lowest BCUT2D eigenvalue weighted by molar-refractivity contribution is -0.144. The Kier molecular flexibility index (Phi) is 6.19. The van der Waals surface area contributed by atoms with Gasteiger partial charge in [-0.15, -0.1) is 0 Å². The maximum absolute atomic E-state index is 13.8. The Labute approximate surface area is 212 Å². The number of nitrogens with one attached hydrogen (secondary N) is 1. The Balaban J connectivity index is 1.86. The van der Waals surface area contributed by atoms with Gasteiger partial charge in [0.2, 0.25) is 11.7 Å². The number of phenolic OH excluding ortho intramolecular Hbond substituents is 1. The van der Waals surface area contributed by atoms with Gasteiger partial charge in [0.05, 0.1) is 17.8 Å². The Bertz CT molecular complexity index is 1310. The summed E-state index contributed by atoms with van der Waals surface area (Å²) >= 11 is 0. The lowest BCUT2D eigenvalue weighted by Crippen LogP contribution is -2.57. The predicted molar refractivity (Wildman–Crippen MR) is 132 cm³/mol. The van der Waals surface area contributed by atoms with Crippen LogP contribution in [0, 0.1) is 11.8 Å². The minimum atomic E-state index is -2.62. The van der Waals surface area contributed by atoms with Crippen LogP contribution in [0.4, 0.5) is 11.4 Å². The van der Waals surface area contributed by atoms with E-state index in [9.17, 15) is 39.6 Å². The number of nitrogens with zero attached hydrogens (tertiary/aromatic N) is 2. The number of hydrogen-bond donors (Lipinski definition) is 6. The molecule has 3 aliphatic carbocycles. The molecule has 1 aromatic rings. The van der Waals surface area contributed by atoms with E-state index in [4.69, 9.17) is 5.73 Å². The molecule has 0 saturated carbocycles. The van der Waals surface area contributed by atoms with Crippen molar-refractivity contribution >= 4 is 34.8 Å². The third-order valence-electron chi connectivity index (χ3n) is 7.45. The van der Waals surface area contributed by atoms with E-state index in [1.807, 2.05) is 0 Å². The number of likely N-dealkylation sites (N-methyl/N-ethyl adjacent to an activating group) is 1. The number of amides is 2. The number of carbonyl (C=O) groups is 4. The van der Waals surface area contributed by atoms with Gasteiger partial charge in [-0.05, 0) is 30.4 Å². The zero-order chi connectivity index (χ0) is 27.6. The predicted octanol–water partition coefficient (Wildman–Crippen LogP) is 0.147. The fourth-order valence-electron chi connectivity index (χ4n) is 5.53. The van der Waals surface area contributed by atoms with Crippen LogP contribution in [-0.4, -0.2) is 89.0 Å². The second kappa shape index (κ2) is 8.80. The van der Waals surface area contributed by atoms with Gasteiger partial charge in [0.15, 0.2) is 11.4 Å². The Morgan fingerprint density at radius 1 is 1.14 bits per heavy atom. The van der Waals surface area contributed by atoms with Crippen LogP contribution in [0.2, 0.25) is 0 Å². The summed E-state index contributed by atoms with van der Waals surface area (Å²) in [5.41, 5.74) is 2.64. The van der Waals surface area contributed by atoms with Crippen LogP contribution < -0.4 is 16.0 Å². The Morgan fingerprint density at radius 2 is 1.78 bits per heavy atom. The second-order valence-corrected chi connectivity index (χ2v) is 10.1. The van der Waals surface area contributed by atoms with Gasteiger partial charge < -0.3 is 41.3 Å². The van der Waals surface area contributed by atoms with E-state index in [-0.39, 0.29) is 48.5 Å². The number of aliphatic hydroxyl groups excluding tert-OH is 2. The molecule has 0 saturated heterocycles. The smallest absolute Gasteiger partial charge is 0.255 e. The topological polar surface area (TPSA) is 194 Å². The van der Waals surface area contributed by atoms with E-state index in [2.05, 4.69) is 5.32 Å². The number of phenols is 1. The number of Topliss-reactive ketones (excluding diaryl/α,β-unsaturated/α-hetero) is 2. The molecule has 0 aliphatic heterocycles. The first kappa shape index (κ1) is 26.0. The zero-order valence-electron chi connectivity index (χ0n) is 21.0. The number of allylic oxidation sites excluding steroid dienone is 2. The standard InChI is InChI=1S/C25H30N4O8/c1-28(2)14-8-13(27-9-16(31)29(3)4)20(32)18-12(14)6-10-5-11-7-15(30)19(24(26)36)23(35)25(11,37)22(34)17(10)21(18)33/h8,10-11,27,30,32,34,37H,5-7,9H2,1-4H3,(H2,26,36)/t10-,11+,25+/m1/s1. The van der Waals surface area contributed by atoms with Crippen molar-refractivity contribution in [2.24, 2.45) is 17.6 Å². The molecular formula is C25H30N4O8. The molecule has 0 unspecified atom stereocenters. The minimum absolute atomic E-state index is 0.0495. The van der Waals surface area contributed by atoms with Crippen molar-refractivity contribution in [3.8, 4) is 5.75 Å². The summed E-state index contributed by atoms with van der Waals surface area (Å²) in [7, 11) is 6.66. The second-order valence-electron chi connectivity index (χ2n) is 10.1. The van der Waals surface area contributed by atoms with Gasteiger partial charge >= 0.3 is 0 Å². The number of primary amides is 1. The van der Waals surface area contributed by atoms with Crippen molar-refractivity contribution in [3.63, 3.8) is 0 Å². The Morgan fingerprint density at radius 3 is 2.35 bits per heavy atom. The maximum Gasteiger partial charge on any atom is 0.255 e. The highest BCUT2D eigenvalue weighted by Crippen LogP contribution is 2.53.